The van der Waals surface area contributed by atoms with Gasteiger partial charge < -0.3 is 4.74 Å². The summed E-state index contributed by atoms with van der Waals surface area (Å²) in [5, 5.41) is 5.84. The largest absolute Gasteiger partial charge is 0.491 e. The first kappa shape index (κ1) is 17.0. The van der Waals surface area contributed by atoms with Gasteiger partial charge in [-0.3, -0.25) is 4.79 Å². The topological polar surface area (TPSA) is 41.9 Å². The van der Waals surface area contributed by atoms with Crippen LogP contribution in [0.2, 0.25) is 0 Å². The van der Waals surface area contributed by atoms with Crippen molar-refractivity contribution < 1.29 is 9.53 Å². The Hall–Kier alpha value is -2.88. The van der Waals surface area contributed by atoms with Crippen molar-refractivity contribution in [3.05, 3.63) is 65.7 Å². The van der Waals surface area contributed by atoms with Gasteiger partial charge in [0.1, 0.15) is 5.75 Å². The number of para-hydroxylation sites is 1. The molecule has 0 saturated heterocycles. The number of hydrazone groups is 1. The summed E-state index contributed by atoms with van der Waals surface area (Å²) in [6.45, 7) is 5.99. The Labute approximate surface area is 148 Å². The first-order valence-electron chi connectivity index (χ1n) is 8.52. The Bertz CT molecular complexity index is 808. The third-order valence-electron chi connectivity index (χ3n) is 4.17. The van der Waals surface area contributed by atoms with Gasteiger partial charge in [-0.15, -0.1) is 0 Å². The third kappa shape index (κ3) is 3.79. The number of hydrogen-bond acceptors (Lipinski definition) is 3. The summed E-state index contributed by atoms with van der Waals surface area (Å²) in [6, 6.07) is 17.2. The molecule has 1 heterocycles. The quantitative estimate of drug-likeness (QED) is 0.746. The molecule has 1 atom stereocenters. The molecule has 25 heavy (non-hydrogen) atoms. The van der Waals surface area contributed by atoms with E-state index in [1.54, 1.807) is 0 Å². The van der Waals surface area contributed by atoms with Crippen LogP contribution < -0.4 is 9.75 Å². The lowest BCUT2D eigenvalue weighted by atomic mass is 10.1. The van der Waals surface area contributed by atoms with Crippen LogP contribution in [0.5, 0.6) is 5.75 Å². The molecule has 0 spiro atoms. The summed E-state index contributed by atoms with van der Waals surface area (Å²) in [5.41, 5.74) is 3.05. The molecule has 4 nitrogen and oxygen atoms in total. The fourth-order valence-electron chi connectivity index (χ4n) is 2.55. The van der Waals surface area contributed by atoms with Gasteiger partial charge in [0.05, 0.1) is 23.1 Å². The van der Waals surface area contributed by atoms with Crippen LogP contribution in [0.1, 0.15) is 32.8 Å². The normalized spacial score (nSPS) is 16.9. The van der Waals surface area contributed by atoms with Gasteiger partial charge in [-0.25, -0.2) is 0 Å². The number of amides is 1. The number of carbonyl (C=O) groups excluding carboxylic acids is 1. The van der Waals surface area contributed by atoms with Crippen LogP contribution >= 0.6 is 0 Å². The number of benzene rings is 2. The molecule has 2 aromatic rings. The van der Waals surface area contributed by atoms with Crippen molar-refractivity contribution in [2.75, 3.05) is 5.01 Å². The molecule has 0 unspecified atom stereocenters. The molecule has 4 heteroatoms. The summed E-state index contributed by atoms with van der Waals surface area (Å²) >= 11 is 0. The summed E-state index contributed by atoms with van der Waals surface area (Å²) < 4.78 is 5.79. The van der Waals surface area contributed by atoms with Crippen molar-refractivity contribution in [2.24, 2.45) is 5.10 Å². The molecule has 1 aliphatic heterocycles. The van der Waals surface area contributed by atoms with Gasteiger partial charge in [-0.05, 0) is 56.2 Å². The molecule has 1 amide bonds. The van der Waals surface area contributed by atoms with Crippen molar-refractivity contribution in [2.45, 2.75) is 33.3 Å². The van der Waals surface area contributed by atoms with Crippen LogP contribution in [0.3, 0.4) is 0 Å². The molecule has 2 aromatic carbocycles. The van der Waals surface area contributed by atoms with Crippen molar-refractivity contribution in [3.63, 3.8) is 0 Å². The van der Waals surface area contributed by atoms with Crippen LogP contribution in [0, 0.1) is 0 Å². The summed E-state index contributed by atoms with van der Waals surface area (Å²) in [7, 11) is 0. The van der Waals surface area contributed by atoms with E-state index in [0.29, 0.717) is 11.3 Å². The highest BCUT2D eigenvalue weighted by atomic mass is 16.5. The first-order valence-corrected chi connectivity index (χ1v) is 8.52. The van der Waals surface area contributed by atoms with Gasteiger partial charge in [0.25, 0.3) is 5.91 Å². The van der Waals surface area contributed by atoms with Crippen molar-refractivity contribution in [1.29, 1.82) is 0 Å². The zero-order chi connectivity index (χ0) is 17.8. The van der Waals surface area contributed by atoms with Gasteiger partial charge in [0, 0.05) is 0 Å². The molecule has 128 valence electrons. The molecule has 0 bridgehead atoms. The van der Waals surface area contributed by atoms with Crippen LogP contribution in [0.4, 0.5) is 5.69 Å². The smallest absolute Gasteiger partial charge is 0.280 e. The van der Waals surface area contributed by atoms with E-state index in [1.165, 1.54) is 5.01 Å². The molecule has 0 aromatic heterocycles. The van der Waals surface area contributed by atoms with E-state index in [1.807, 2.05) is 74.5 Å². The molecule has 3 rings (SSSR count). The number of anilines is 1. The van der Waals surface area contributed by atoms with Gasteiger partial charge in [-0.1, -0.05) is 37.3 Å². The highest BCUT2D eigenvalue weighted by Crippen LogP contribution is 2.25. The zero-order valence-corrected chi connectivity index (χ0v) is 14.8. The second kappa shape index (κ2) is 7.34. The van der Waals surface area contributed by atoms with E-state index in [2.05, 4.69) is 12.0 Å². The fourth-order valence-corrected chi connectivity index (χ4v) is 2.55. The van der Waals surface area contributed by atoms with Crippen LogP contribution in [-0.4, -0.2) is 17.7 Å². The Morgan fingerprint density at radius 3 is 2.44 bits per heavy atom. The summed E-state index contributed by atoms with van der Waals surface area (Å²) in [4.78, 5) is 12.7. The minimum absolute atomic E-state index is 0.108. The van der Waals surface area contributed by atoms with Crippen molar-refractivity contribution >= 4 is 23.4 Å². The number of carbonyl (C=O) groups is 1. The molecular formula is C21H22N2O2. The third-order valence-corrected chi connectivity index (χ3v) is 4.17. The number of ether oxygens (including phenoxy) is 1. The van der Waals surface area contributed by atoms with Crippen LogP contribution in [0.15, 0.2) is 65.3 Å². The number of nitrogens with zero attached hydrogens (tertiary/aromatic N) is 2. The zero-order valence-electron chi connectivity index (χ0n) is 14.8. The standard InChI is InChI=1S/C21H22N2O2/c1-4-15(2)25-19-12-10-17(11-13-19)14-20-16(3)22-23(21(20)24)18-8-6-5-7-9-18/h5-15H,4H2,1-3H3/b20-14+/t15-/m0/s1. The molecule has 0 aliphatic carbocycles. The second-order valence-corrected chi connectivity index (χ2v) is 6.10. The van der Waals surface area contributed by atoms with E-state index in [9.17, 15) is 4.79 Å². The maximum atomic E-state index is 12.7. The Kier molecular flexibility index (Phi) is 4.98. The van der Waals surface area contributed by atoms with E-state index < -0.39 is 0 Å². The molecule has 0 N–H and O–H groups in total. The first-order chi connectivity index (χ1) is 12.1. The van der Waals surface area contributed by atoms with E-state index in [-0.39, 0.29) is 12.0 Å². The predicted molar refractivity (Wildman–Crippen MR) is 102 cm³/mol. The van der Waals surface area contributed by atoms with E-state index >= 15 is 0 Å². The minimum Gasteiger partial charge on any atom is -0.491 e. The molecule has 0 saturated carbocycles. The van der Waals surface area contributed by atoms with E-state index in [4.69, 9.17) is 4.74 Å². The molecule has 0 radical (unpaired) electrons. The Morgan fingerprint density at radius 2 is 1.80 bits per heavy atom. The van der Waals surface area contributed by atoms with Gasteiger partial charge in [-0.2, -0.15) is 10.1 Å². The minimum atomic E-state index is -0.108. The Morgan fingerprint density at radius 1 is 1.12 bits per heavy atom. The van der Waals surface area contributed by atoms with Crippen molar-refractivity contribution in [1.82, 2.24) is 0 Å². The van der Waals surface area contributed by atoms with Crippen molar-refractivity contribution in [3.8, 4) is 5.75 Å². The lowest BCUT2D eigenvalue weighted by Gasteiger charge is -2.12. The van der Waals surface area contributed by atoms with Crippen LogP contribution in [0.25, 0.3) is 6.08 Å². The maximum absolute atomic E-state index is 12.7. The maximum Gasteiger partial charge on any atom is 0.280 e. The lowest BCUT2D eigenvalue weighted by Crippen LogP contribution is -2.21. The van der Waals surface area contributed by atoms with E-state index in [0.717, 1.165) is 23.4 Å². The van der Waals surface area contributed by atoms with Crippen LogP contribution in [-0.2, 0) is 4.79 Å². The number of hydrogen-bond donors (Lipinski definition) is 0. The summed E-state index contributed by atoms with van der Waals surface area (Å²) in [5.74, 6) is 0.731. The number of rotatable bonds is 5. The van der Waals surface area contributed by atoms with Gasteiger partial charge in [0.15, 0.2) is 0 Å². The molecular weight excluding hydrogens is 312 g/mol. The second-order valence-electron chi connectivity index (χ2n) is 6.10. The SMILES string of the molecule is CC[C@H](C)Oc1ccc(/C=C2/C(=O)N(c3ccccc3)N=C2C)cc1. The average Bonchev–Trinajstić information content (AvgIpc) is 2.92. The lowest BCUT2D eigenvalue weighted by molar-refractivity contribution is -0.114. The fraction of sp³-hybridized carbons (Fsp3) is 0.238. The Balaban J connectivity index is 1.80. The highest BCUT2D eigenvalue weighted by Gasteiger charge is 2.28. The van der Waals surface area contributed by atoms with Gasteiger partial charge in [0.2, 0.25) is 0 Å². The summed E-state index contributed by atoms with van der Waals surface area (Å²) in [6.07, 6.45) is 3.03. The average molecular weight is 334 g/mol. The molecule has 1 aliphatic rings. The van der Waals surface area contributed by atoms with Gasteiger partial charge >= 0.3 is 0 Å². The molecule has 0 fully saturated rings. The monoisotopic (exact) mass is 334 g/mol. The highest BCUT2D eigenvalue weighted by molar-refractivity contribution is 6.32. The predicted octanol–water partition coefficient (Wildman–Crippen LogP) is 4.67.